The first kappa shape index (κ1) is 40.6. The molecular weight excluding hydrogens is 632 g/mol. The summed E-state index contributed by atoms with van der Waals surface area (Å²) in [5.74, 6) is 0.440. The summed E-state index contributed by atoms with van der Waals surface area (Å²) in [7, 11) is 0. The summed E-state index contributed by atoms with van der Waals surface area (Å²) in [5, 5.41) is 24.4. The topological polar surface area (TPSA) is 122 Å². The molecule has 0 saturated carbocycles. The number of amides is 1. The zero-order chi connectivity index (χ0) is 37.3. The minimum Gasteiger partial charge on any atom is -0.595 e. The summed E-state index contributed by atoms with van der Waals surface area (Å²) in [6, 6.07) is 20.4. The molecule has 2 aliphatic rings. The van der Waals surface area contributed by atoms with Gasteiger partial charge in [-0.05, 0) is 50.7 Å². The van der Waals surface area contributed by atoms with Crippen LogP contribution in [-0.2, 0) is 20.8 Å². The number of likely N-dealkylation sites (tertiary alicyclic amines) is 2. The molecule has 2 heterocycles. The van der Waals surface area contributed by atoms with Crippen LogP contribution in [0.4, 0.5) is 4.79 Å². The summed E-state index contributed by atoms with van der Waals surface area (Å²) in [6.07, 6.45) is 0.400. The highest BCUT2D eigenvalue weighted by Gasteiger charge is 2.45. The molecule has 0 aromatic heterocycles. The molecule has 50 heavy (non-hydrogen) atoms. The normalized spacial score (nSPS) is 25.5. The molecule has 2 aromatic carbocycles. The van der Waals surface area contributed by atoms with Crippen LogP contribution >= 0.6 is 0 Å². The van der Waals surface area contributed by atoms with E-state index in [-0.39, 0.29) is 27.0 Å². The Morgan fingerprint density at radius 1 is 0.820 bits per heavy atom. The number of nitrogens with zero attached hydrogens (tertiary/aromatic N) is 4. The van der Waals surface area contributed by atoms with Crippen molar-refractivity contribution in [2.24, 2.45) is 21.8 Å². The van der Waals surface area contributed by atoms with Crippen molar-refractivity contribution in [3.05, 3.63) is 71.8 Å². The van der Waals surface area contributed by atoms with Crippen molar-refractivity contribution in [2.75, 3.05) is 26.2 Å². The van der Waals surface area contributed by atoms with Crippen molar-refractivity contribution >= 4 is 18.3 Å². The van der Waals surface area contributed by atoms with Gasteiger partial charge in [-0.3, -0.25) is 14.9 Å². The second-order valence-electron chi connectivity index (χ2n) is 16.0. The van der Waals surface area contributed by atoms with Crippen LogP contribution in [0.1, 0.15) is 109 Å². The second-order valence-corrected chi connectivity index (χ2v) is 16.0. The van der Waals surface area contributed by atoms with Gasteiger partial charge in [-0.1, -0.05) is 116 Å². The predicted octanol–water partition coefficient (Wildman–Crippen LogP) is 6.83. The van der Waals surface area contributed by atoms with E-state index in [4.69, 9.17) is 14.2 Å². The third-order valence-electron chi connectivity index (χ3n) is 9.45. The molecule has 0 bridgehead atoms. The van der Waals surface area contributed by atoms with E-state index >= 15 is 0 Å². The predicted molar refractivity (Wildman–Crippen MR) is 200 cm³/mol. The molecule has 4 rings (SSSR count). The maximum Gasteiger partial charge on any atom is 0.410 e. The highest BCUT2D eigenvalue weighted by molar-refractivity contribution is 5.69. The molecule has 0 N–H and O–H groups in total. The molecular formula is C40H64N4O6-2. The highest BCUT2D eigenvalue weighted by atomic mass is 16.6. The Balaban J connectivity index is 0.000000502. The van der Waals surface area contributed by atoms with Gasteiger partial charge in [-0.25, -0.2) is 4.79 Å². The Kier molecular flexibility index (Phi) is 13.8. The van der Waals surface area contributed by atoms with E-state index in [2.05, 4.69) is 59.9 Å². The first-order chi connectivity index (χ1) is 23.3. The molecule has 0 spiro atoms. The molecule has 0 radical (unpaired) electrons. The molecule has 282 valence electrons. The van der Waals surface area contributed by atoms with Crippen LogP contribution in [0, 0.1) is 11.8 Å². The zero-order valence-electron chi connectivity index (χ0n) is 32.2. The molecule has 5 atom stereocenters. The molecule has 2 fully saturated rings. The van der Waals surface area contributed by atoms with Crippen molar-refractivity contribution in [1.82, 2.24) is 9.80 Å². The number of carbonyl (C=O) groups excluding carboxylic acids is 1. The Morgan fingerprint density at radius 2 is 1.28 bits per heavy atom. The van der Waals surface area contributed by atoms with Crippen molar-refractivity contribution in [3.8, 4) is 0 Å². The smallest absolute Gasteiger partial charge is 0.410 e. The first-order valence-electron chi connectivity index (χ1n) is 17.9. The van der Waals surface area contributed by atoms with Crippen LogP contribution in [0.3, 0.4) is 0 Å². The second kappa shape index (κ2) is 16.9. The maximum atomic E-state index is 12.4. The summed E-state index contributed by atoms with van der Waals surface area (Å²) >= 11 is 0. The number of ether oxygens (including phenoxy) is 3. The third kappa shape index (κ3) is 11.9. The fraction of sp³-hybridized carbons (Fsp3) is 0.625. The molecule has 2 aliphatic heterocycles. The first-order valence-corrected chi connectivity index (χ1v) is 17.9. The average molecular weight is 697 g/mol. The van der Waals surface area contributed by atoms with Gasteiger partial charge in [0, 0.05) is 52.2 Å². The number of aliphatic imine (C=N–C) groups is 2. The van der Waals surface area contributed by atoms with Gasteiger partial charge in [0.2, 0.25) is 0 Å². The number of hydrogen-bond acceptors (Lipinski definition) is 9. The van der Waals surface area contributed by atoms with E-state index in [1.165, 1.54) is 5.56 Å². The van der Waals surface area contributed by atoms with Crippen molar-refractivity contribution in [3.63, 3.8) is 0 Å². The van der Waals surface area contributed by atoms with E-state index in [1.807, 2.05) is 91.8 Å². The molecule has 1 amide bonds. The van der Waals surface area contributed by atoms with E-state index < -0.39 is 28.9 Å². The lowest BCUT2D eigenvalue weighted by atomic mass is 9.88. The molecule has 10 heteroatoms. The van der Waals surface area contributed by atoms with Crippen molar-refractivity contribution < 1.29 is 32.1 Å². The molecule has 0 aliphatic carbocycles. The van der Waals surface area contributed by atoms with Crippen LogP contribution in [0.25, 0.3) is 0 Å². The van der Waals surface area contributed by atoms with Gasteiger partial charge in [-0.15, -0.1) is 0 Å². The fourth-order valence-corrected chi connectivity index (χ4v) is 6.69. The summed E-state index contributed by atoms with van der Waals surface area (Å²) in [4.78, 5) is 25.2. The largest absolute Gasteiger partial charge is 0.595 e. The van der Waals surface area contributed by atoms with Gasteiger partial charge < -0.3 is 29.3 Å². The van der Waals surface area contributed by atoms with Gasteiger partial charge in [-0.2, -0.15) is 0 Å². The highest BCUT2D eigenvalue weighted by Crippen LogP contribution is 2.38. The maximum absolute atomic E-state index is 12.4. The number of hydrogen-bond donors (Lipinski definition) is 0. The van der Waals surface area contributed by atoms with E-state index in [1.54, 1.807) is 4.90 Å². The van der Waals surface area contributed by atoms with Gasteiger partial charge in [0.25, 0.3) is 0 Å². The minimum atomic E-state index is -0.664. The van der Waals surface area contributed by atoms with Gasteiger partial charge >= 0.3 is 6.09 Å². The lowest BCUT2D eigenvalue weighted by Crippen LogP contribution is -2.40. The zero-order valence-corrected chi connectivity index (χ0v) is 32.2. The summed E-state index contributed by atoms with van der Waals surface area (Å²) in [5.41, 5.74) is 0.0881. The SMILES string of the molecule is CCC1CN(C(=O)OCc2ccccc2)CC1(C)N=C([O-])OC(C)(C)C.CCC1CN([C@H](C)c2ccccc2)CC1(C)N=C([O-])OC(C)(C)C.[HH].[HH]. The van der Waals surface area contributed by atoms with Crippen LogP contribution in [-0.4, -0.2) is 76.5 Å². The van der Waals surface area contributed by atoms with Crippen LogP contribution in [0.5, 0.6) is 0 Å². The number of rotatable bonds is 8. The van der Waals surface area contributed by atoms with E-state index in [9.17, 15) is 15.0 Å². The molecule has 10 nitrogen and oxygen atoms in total. The van der Waals surface area contributed by atoms with E-state index in [0.717, 1.165) is 31.5 Å². The van der Waals surface area contributed by atoms with Crippen molar-refractivity contribution in [1.29, 1.82) is 0 Å². The molecule has 4 unspecified atom stereocenters. The quantitative estimate of drug-likeness (QED) is 0.219. The third-order valence-corrected chi connectivity index (χ3v) is 9.45. The summed E-state index contributed by atoms with van der Waals surface area (Å²) < 4.78 is 16.1. The molecule has 2 aromatic rings. The number of benzene rings is 2. The van der Waals surface area contributed by atoms with Crippen LogP contribution in [0.15, 0.2) is 70.6 Å². The van der Waals surface area contributed by atoms with Gasteiger partial charge in [0.05, 0.1) is 11.1 Å². The van der Waals surface area contributed by atoms with Crippen molar-refractivity contribution in [2.45, 2.75) is 124 Å². The lowest BCUT2D eigenvalue weighted by Gasteiger charge is -2.33. The lowest BCUT2D eigenvalue weighted by molar-refractivity contribution is -0.262. The Morgan fingerprint density at radius 3 is 1.76 bits per heavy atom. The Bertz CT molecular complexity index is 1430. The van der Waals surface area contributed by atoms with Crippen LogP contribution in [0.2, 0.25) is 0 Å². The van der Waals surface area contributed by atoms with Crippen LogP contribution < -0.4 is 10.2 Å². The standard InChI is InChI=1S/C20H30N2O4.C20H32N2O2.2H2/c1-6-16-12-22(18(24)25-13-15-10-8-7-9-11-15)14-20(16,5)21-17(23)26-19(2,3)4;1-7-17-13-22(15(2)16-11-9-8-10-12-16)14-20(17,6)21-18(23)24-19(3,4)5;;/h7-11,16H,6,12-14H2,1-5H3,(H,21,23);8-12,15,17H,7,13-14H2,1-6H3,(H,21,23);2*1H/p-2/t;15-,17?,20?;;/m.1../s1. The Hall–Kier alpha value is -3.79. The van der Waals surface area contributed by atoms with Gasteiger partial charge in [0.15, 0.2) is 0 Å². The minimum absolute atomic E-state index is 0. The molecule has 2 saturated heterocycles. The fourth-order valence-electron chi connectivity index (χ4n) is 6.69. The summed E-state index contributed by atoms with van der Waals surface area (Å²) in [6.45, 7) is 24.3. The monoisotopic (exact) mass is 696 g/mol. The Labute approximate surface area is 303 Å². The number of carbonyl (C=O) groups is 1. The van der Waals surface area contributed by atoms with Gasteiger partial charge in [0.1, 0.15) is 18.8 Å². The average Bonchev–Trinajstić information content (AvgIpc) is 3.54. The van der Waals surface area contributed by atoms with E-state index in [0.29, 0.717) is 25.0 Å².